The third kappa shape index (κ3) is 2.99. The number of sulfone groups is 1. The Balaban J connectivity index is 2.38. The van der Waals surface area contributed by atoms with Gasteiger partial charge in [0.15, 0.2) is 9.84 Å². The molecule has 0 fully saturated rings. The van der Waals surface area contributed by atoms with Crippen LogP contribution in [0.1, 0.15) is 13.3 Å². The molecule has 4 nitrogen and oxygen atoms in total. The summed E-state index contributed by atoms with van der Waals surface area (Å²) in [6.45, 7) is 1.64. The number of aliphatic carboxylic acids is 1. The monoisotopic (exact) mass is 291 g/mol. The number of carboxylic acids is 1. The Hall–Kier alpha value is -1.88. The van der Waals surface area contributed by atoms with Crippen LogP contribution in [0.2, 0.25) is 0 Å². The zero-order chi connectivity index (χ0) is 14.8. The van der Waals surface area contributed by atoms with Crippen LogP contribution in [-0.4, -0.2) is 20.1 Å². The van der Waals surface area contributed by atoms with E-state index in [1.165, 1.54) is 6.07 Å². The van der Waals surface area contributed by atoms with Crippen LogP contribution in [-0.2, 0) is 14.6 Å². The molecule has 20 heavy (non-hydrogen) atoms. The lowest BCUT2D eigenvalue weighted by Crippen LogP contribution is -2.35. The molecule has 0 saturated carbocycles. The molecule has 0 N–H and O–H groups in total. The van der Waals surface area contributed by atoms with E-state index in [4.69, 9.17) is 0 Å². The summed E-state index contributed by atoms with van der Waals surface area (Å²) in [7, 11) is -3.63. The van der Waals surface area contributed by atoms with Crippen molar-refractivity contribution < 1.29 is 18.3 Å². The van der Waals surface area contributed by atoms with Gasteiger partial charge in [-0.1, -0.05) is 37.3 Å². The maximum absolute atomic E-state index is 12.3. The Labute approximate surface area is 118 Å². The molecular formula is C15H15O4S-. The van der Waals surface area contributed by atoms with Gasteiger partial charge in [-0.2, -0.15) is 0 Å². The van der Waals surface area contributed by atoms with Gasteiger partial charge in [-0.25, -0.2) is 8.42 Å². The summed E-state index contributed by atoms with van der Waals surface area (Å²) in [5.74, 6) is -2.73. The highest BCUT2D eigenvalue weighted by Crippen LogP contribution is 2.21. The normalized spacial score (nSPS) is 13.2. The van der Waals surface area contributed by atoms with E-state index in [2.05, 4.69) is 0 Å². The second-order valence-corrected chi connectivity index (χ2v) is 6.75. The van der Waals surface area contributed by atoms with E-state index in [9.17, 15) is 18.3 Å². The lowest BCUT2D eigenvalue weighted by Gasteiger charge is -2.16. The topological polar surface area (TPSA) is 74.3 Å². The number of hydrogen-bond acceptors (Lipinski definition) is 4. The van der Waals surface area contributed by atoms with Gasteiger partial charge in [0.1, 0.15) is 0 Å². The first-order chi connectivity index (χ1) is 9.44. The molecule has 2 aromatic rings. The van der Waals surface area contributed by atoms with Crippen LogP contribution >= 0.6 is 0 Å². The zero-order valence-corrected chi connectivity index (χ0v) is 11.9. The van der Waals surface area contributed by atoms with Crippen LogP contribution in [0, 0.1) is 5.92 Å². The zero-order valence-electron chi connectivity index (χ0n) is 11.1. The SMILES string of the molecule is CC[C@H](CS(=O)(=O)c1ccc2ccccc2c1)C(=O)[O-]. The average molecular weight is 291 g/mol. The van der Waals surface area contributed by atoms with Gasteiger partial charge in [-0.15, -0.1) is 0 Å². The van der Waals surface area contributed by atoms with E-state index < -0.39 is 27.5 Å². The van der Waals surface area contributed by atoms with Crippen molar-refractivity contribution in [2.24, 2.45) is 5.92 Å². The number of hydrogen-bond donors (Lipinski definition) is 0. The summed E-state index contributed by atoms with van der Waals surface area (Å²) < 4.78 is 24.5. The molecule has 0 radical (unpaired) electrons. The minimum atomic E-state index is -3.63. The van der Waals surface area contributed by atoms with Crippen LogP contribution in [0.5, 0.6) is 0 Å². The van der Waals surface area contributed by atoms with Gasteiger partial charge < -0.3 is 9.90 Å². The van der Waals surface area contributed by atoms with Crippen molar-refractivity contribution in [2.45, 2.75) is 18.2 Å². The van der Waals surface area contributed by atoms with Crippen molar-refractivity contribution in [1.82, 2.24) is 0 Å². The molecule has 0 saturated heterocycles. The fourth-order valence-electron chi connectivity index (χ4n) is 2.07. The number of carboxylic acid groups (broad SMARTS) is 1. The highest BCUT2D eigenvalue weighted by molar-refractivity contribution is 7.91. The molecule has 0 heterocycles. The average Bonchev–Trinajstić information content (AvgIpc) is 2.44. The second-order valence-electron chi connectivity index (χ2n) is 4.71. The van der Waals surface area contributed by atoms with Crippen LogP contribution in [0.3, 0.4) is 0 Å². The smallest absolute Gasteiger partial charge is 0.179 e. The first-order valence-electron chi connectivity index (χ1n) is 6.36. The minimum absolute atomic E-state index is 0.149. The third-order valence-corrected chi connectivity index (χ3v) is 5.14. The van der Waals surface area contributed by atoms with Crippen LogP contribution in [0.15, 0.2) is 47.4 Å². The Kier molecular flexibility index (Phi) is 4.09. The summed E-state index contributed by atoms with van der Waals surface area (Å²) in [5, 5.41) is 12.6. The van der Waals surface area contributed by atoms with Crippen molar-refractivity contribution >= 4 is 26.6 Å². The highest BCUT2D eigenvalue weighted by Gasteiger charge is 2.21. The van der Waals surface area contributed by atoms with Crippen LogP contribution in [0.25, 0.3) is 10.8 Å². The molecule has 0 aliphatic carbocycles. The second kappa shape index (κ2) is 5.63. The molecule has 0 aliphatic rings. The molecule has 2 aromatic carbocycles. The van der Waals surface area contributed by atoms with Crippen molar-refractivity contribution in [2.75, 3.05) is 5.75 Å². The van der Waals surface area contributed by atoms with E-state index in [0.717, 1.165) is 10.8 Å². The lowest BCUT2D eigenvalue weighted by atomic mass is 10.1. The predicted octanol–water partition coefficient (Wildman–Crippen LogP) is 1.39. The molecule has 106 valence electrons. The molecule has 0 bridgehead atoms. The molecular weight excluding hydrogens is 276 g/mol. The Morgan fingerprint density at radius 3 is 2.40 bits per heavy atom. The van der Waals surface area contributed by atoms with Gasteiger partial charge in [0.25, 0.3) is 0 Å². The van der Waals surface area contributed by atoms with Crippen molar-refractivity contribution in [3.63, 3.8) is 0 Å². The molecule has 1 atom stereocenters. The Morgan fingerprint density at radius 2 is 1.80 bits per heavy atom. The van der Waals surface area contributed by atoms with E-state index in [0.29, 0.717) is 0 Å². The van der Waals surface area contributed by atoms with Crippen molar-refractivity contribution in [1.29, 1.82) is 0 Å². The number of fused-ring (bicyclic) bond motifs is 1. The lowest BCUT2D eigenvalue weighted by molar-refractivity contribution is -0.310. The predicted molar refractivity (Wildman–Crippen MR) is 74.8 cm³/mol. The standard InChI is InChI=1S/C15H16O4S/c1-2-11(15(16)17)10-20(18,19)14-8-7-12-5-3-4-6-13(12)9-14/h3-9,11H,2,10H2,1H3,(H,16,17)/p-1/t11-/m1/s1. The molecule has 0 aromatic heterocycles. The van der Waals surface area contributed by atoms with Crippen LogP contribution < -0.4 is 5.11 Å². The van der Waals surface area contributed by atoms with E-state index in [1.54, 1.807) is 19.1 Å². The number of benzene rings is 2. The van der Waals surface area contributed by atoms with E-state index in [1.807, 2.05) is 24.3 Å². The van der Waals surface area contributed by atoms with Crippen molar-refractivity contribution in [3.05, 3.63) is 42.5 Å². The van der Waals surface area contributed by atoms with E-state index in [-0.39, 0.29) is 11.3 Å². The summed E-state index contributed by atoms with van der Waals surface area (Å²) in [6.07, 6.45) is 0.231. The number of carbonyl (C=O) groups excluding carboxylic acids is 1. The van der Waals surface area contributed by atoms with Gasteiger partial charge >= 0.3 is 0 Å². The minimum Gasteiger partial charge on any atom is -0.550 e. The first kappa shape index (κ1) is 14.5. The number of carbonyl (C=O) groups is 1. The summed E-state index contributed by atoms with van der Waals surface area (Å²) in [4.78, 5) is 11.0. The van der Waals surface area contributed by atoms with Gasteiger partial charge in [0.2, 0.25) is 0 Å². The summed E-state index contributed by atoms with van der Waals surface area (Å²) in [6, 6.07) is 12.2. The quantitative estimate of drug-likeness (QED) is 0.834. The van der Waals surface area contributed by atoms with Crippen LogP contribution in [0.4, 0.5) is 0 Å². The maximum atomic E-state index is 12.3. The van der Waals surface area contributed by atoms with Gasteiger partial charge in [0, 0.05) is 11.9 Å². The van der Waals surface area contributed by atoms with Gasteiger partial charge in [-0.3, -0.25) is 0 Å². The highest BCUT2D eigenvalue weighted by atomic mass is 32.2. The summed E-state index contributed by atoms with van der Waals surface area (Å²) >= 11 is 0. The van der Waals surface area contributed by atoms with Crippen molar-refractivity contribution in [3.8, 4) is 0 Å². The molecule has 0 unspecified atom stereocenters. The molecule has 2 rings (SSSR count). The van der Waals surface area contributed by atoms with E-state index >= 15 is 0 Å². The molecule has 5 heteroatoms. The Bertz CT molecular complexity index is 734. The molecule has 0 amide bonds. The summed E-state index contributed by atoms with van der Waals surface area (Å²) in [5.41, 5.74) is 0. The molecule has 0 spiro atoms. The van der Waals surface area contributed by atoms with Gasteiger partial charge in [0.05, 0.1) is 10.6 Å². The molecule has 0 aliphatic heterocycles. The fraction of sp³-hybridized carbons (Fsp3) is 0.267. The first-order valence-corrected chi connectivity index (χ1v) is 8.01. The third-order valence-electron chi connectivity index (χ3n) is 3.33. The van der Waals surface area contributed by atoms with Gasteiger partial charge in [-0.05, 0) is 29.3 Å². The maximum Gasteiger partial charge on any atom is 0.179 e. The number of rotatable bonds is 5. The largest absolute Gasteiger partial charge is 0.550 e. The Morgan fingerprint density at radius 1 is 1.15 bits per heavy atom. The fourth-order valence-corrected chi connectivity index (χ4v) is 3.75.